The number of ether oxygens (including phenoxy) is 2. The van der Waals surface area contributed by atoms with Crippen LogP contribution in [0.3, 0.4) is 0 Å². The minimum absolute atomic E-state index is 0.103. The van der Waals surface area contributed by atoms with E-state index in [2.05, 4.69) is 5.16 Å². The smallest absolute Gasteiger partial charge is 0.358 e. The zero-order chi connectivity index (χ0) is 14.3. The van der Waals surface area contributed by atoms with Gasteiger partial charge in [0.15, 0.2) is 17.2 Å². The fraction of sp³-hybridized carbons (Fsp3) is 0.286. The lowest BCUT2D eigenvalue weighted by Crippen LogP contribution is -2.18. The molecule has 3 rings (SSSR count). The van der Waals surface area contributed by atoms with Gasteiger partial charge in [0.05, 0.1) is 5.41 Å². The Morgan fingerprint density at radius 2 is 2.00 bits per heavy atom. The molecule has 20 heavy (non-hydrogen) atoms. The van der Waals surface area contributed by atoms with Gasteiger partial charge in [0, 0.05) is 6.07 Å². The van der Waals surface area contributed by atoms with Crippen LogP contribution in [0.1, 0.15) is 35.7 Å². The van der Waals surface area contributed by atoms with E-state index in [1.54, 1.807) is 0 Å². The van der Waals surface area contributed by atoms with Crippen LogP contribution < -0.4 is 9.47 Å². The topological polar surface area (TPSA) is 81.8 Å². The Morgan fingerprint density at radius 3 is 2.70 bits per heavy atom. The summed E-state index contributed by atoms with van der Waals surface area (Å²) in [5.41, 5.74) is 0.297. The molecule has 0 unspecified atom stereocenters. The molecular formula is C14H13NO5. The zero-order valence-corrected chi connectivity index (χ0v) is 11.0. The number of carboxylic acids is 1. The van der Waals surface area contributed by atoms with E-state index in [1.165, 1.54) is 6.07 Å². The molecule has 6 nitrogen and oxygen atoms in total. The maximum atomic E-state index is 10.9. The third kappa shape index (κ3) is 1.89. The molecule has 0 spiro atoms. The summed E-state index contributed by atoms with van der Waals surface area (Å²) in [6.07, 6.45) is 0. The van der Waals surface area contributed by atoms with Crippen LogP contribution in [-0.4, -0.2) is 23.0 Å². The Labute approximate surface area is 114 Å². The molecule has 0 amide bonds. The van der Waals surface area contributed by atoms with E-state index in [4.69, 9.17) is 19.1 Å². The molecule has 1 N–H and O–H groups in total. The number of nitrogens with zero attached hydrogens (tertiary/aromatic N) is 1. The highest BCUT2D eigenvalue weighted by Crippen LogP contribution is 2.39. The van der Waals surface area contributed by atoms with Crippen molar-refractivity contribution < 1.29 is 23.9 Å². The van der Waals surface area contributed by atoms with Gasteiger partial charge < -0.3 is 19.1 Å². The summed E-state index contributed by atoms with van der Waals surface area (Å²) in [4.78, 5) is 10.9. The van der Waals surface area contributed by atoms with Crippen LogP contribution in [0.4, 0.5) is 0 Å². The van der Waals surface area contributed by atoms with Crippen molar-refractivity contribution in [2.75, 3.05) is 6.79 Å². The molecule has 0 atom stereocenters. The molecule has 0 aliphatic carbocycles. The van der Waals surface area contributed by atoms with Crippen molar-refractivity contribution in [3.63, 3.8) is 0 Å². The third-order valence-electron chi connectivity index (χ3n) is 3.44. The Morgan fingerprint density at radius 1 is 1.25 bits per heavy atom. The number of benzene rings is 1. The van der Waals surface area contributed by atoms with Gasteiger partial charge in [-0.1, -0.05) is 11.2 Å². The summed E-state index contributed by atoms with van der Waals surface area (Å²) < 4.78 is 15.8. The summed E-state index contributed by atoms with van der Waals surface area (Å²) in [7, 11) is 0. The minimum atomic E-state index is -1.11. The zero-order valence-electron chi connectivity index (χ0n) is 11.0. The van der Waals surface area contributed by atoms with Crippen molar-refractivity contribution in [2.45, 2.75) is 19.3 Å². The van der Waals surface area contributed by atoms with Gasteiger partial charge in [-0.25, -0.2) is 4.79 Å². The van der Waals surface area contributed by atoms with Gasteiger partial charge in [0.2, 0.25) is 6.79 Å². The molecule has 2 aromatic rings. The van der Waals surface area contributed by atoms with E-state index in [-0.39, 0.29) is 12.5 Å². The van der Waals surface area contributed by atoms with Crippen LogP contribution in [-0.2, 0) is 5.41 Å². The first-order chi connectivity index (χ1) is 9.48. The number of fused-ring (bicyclic) bond motifs is 1. The molecule has 0 saturated carbocycles. The Balaban J connectivity index is 2.00. The van der Waals surface area contributed by atoms with Gasteiger partial charge in [-0.05, 0) is 31.5 Å². The first kappa shape index (κ1) is 12.5. The molecule has 104 valence electrons. The van der Waals surface area contributed by atoms with Crippen LogP contribution in [0.15, 0.2) is 28.8 Å². The summed E-state index contributed by atoms with van der Waals surface area (Å²) >= 11 is 0. The Hall–Kier alpha value is -2.50. The largest absolute Gasteiger partial charge is 0.476 e. The molecule has 0 bridgehead atoms. The Bertz CT molecular complexity index is 674. The average molecular weight is 275 g/mol. The van der Waals surface area contributed by atoms with Crippen LogP contribution in [0, 0.1) is 0 Å². The third-order valence-corrected chi connectivity index (χ3v) is 3.44. The standard InChI is InChI=1S/C14H13NO5/c1-14(2,12-6-9(13(16)17)15-20-12)8-3-4-10-11(5-8)19-7-18-10/h3-6H,7H2,1-2H3,(H,16,17). The fourth-order valence-electron chi connectivity index (χ4n) is 2.10. The van der Waals surface area contributed by atoms with Crippen LogP contribution in [0.2, 0.25) is 0 Å². The molecule has 1 aromatic carbocycles. The maximum absolute atomic E-state index is 10.9. The molecule has 6 heteroatoms. The van der Waals surface area contributed by atoms with E-state index in [0.717, 1.165) is 5.56 Å². The second-order valence-electron chi connectivity index (χ2n) is 5.07. The van der Waals surface area contributed by atoms with Gasteiger partial charge in [-0.3, -0.25) is 0 Å². The first-order valence-corrected chi connectivity index (χ1v) is 6.09. The number of carbonyl (C=O) groups is 1. The number of aromatic nitrogens is 1. The summed E-state index contributed by atoms with van der Waals surface area (Å²) in [6, 6.07) is 7.03. The number of carboxylic acid groups (broad SMARTS) is 1. The average Bonchev–Trinajstić information content (AvgIpc) is 3.07. The molecular weight excluding hydrogens is 262 g/mol. The summed E-state index contributed by atoms with van der Waals surface area (Å²) in [5.74, 6) is 0.747. The van der Waals surface area contributed by atoms with Gasteiger partial charge in [-0.15, -0.1) is 0 Å². The highest BCUT2D eigenvalue weighted by atomic mass is 16.7. The molecule has 1 aromatic heterocycles. The van der Waals surface area contributed by atoms with Gasteiger partial charge in [-0.2, -0.15) is 0 Å². The Kier molecular flexibility index (Phi) is 2.67. The fourth-order valence-corrected chi connectivity index (χ4v) is 2.10. The van der Waals surface area contributed by atoms with Crippen molar-refractivity contribution in [1.29, 1.82) is 0 Å². The molecule has 0 saturated heterocycles. The van der Waals surface area contributed by atoms with Gasteiger partial charge in [0.25, 0.3) is 0 Å². The number of aromatic carboxylic acids is 1. The molecule has 1 aliphatic heterocycles. The van der Waals surface area contributed by atoms with Crippen molar-refractivity contribution in [3.8, 4) is 11.5 Å². The van der Waals surface area contributed by atoms with E-state index < -0.39 is 11.4 Å². The van der Waals surface area contributed by atoms with Crippen molar-refractivity contribution >= 4 is 5.97 Å². The lowest BCUT2D eigenvalue weighted by atomic mass is 9.82. The van der Waals surface area contributed by atoms with E-state index in [0.29, 0.717) is 17.3 Å². The molecule has 0 radical (unpaired) electrons. The van der Waals surface area contributed by atoms with Gasteiger partial charge in [0.1, 0.15) is 5.76 Å². The van der Waals surface area contributed by atoms with Gasteiger partial charge >= 0.3 is 5.97 Å². The second-order valence-corrected chi connectivity index (χ2v) is 5.07. The predicted octanol–water partition coefficient (Wildman–Crippen LogP) is 2.43. The highest BCUT2D eigenvalue weighted by Gasteiger charge is 2.30. The summed E-state index contributed by atoms with van der Waals surface area (Å²) in [6.45, 7) is 4.07. The van der Waals surface area contributed by atoms with Crippen LogP contribution in [0.25, 0.3) is 0 Å². The maximum Gasteiger partial charge on any atom is 0.358 e. The SMILES string of the molecule is CC(C)(c1ccc2c(c1)OCO2)c1cc(C(=O)O)no1. The predicted molar refractivity (Wildman–Crippen MR) is 68.2 cm³/mol. The van der Waals surface area contributed by atoms with E-state index in [1.807, 2.05) is 32.0 Å². The van der Waals surface area contributed by atoms with Crippen LogP contribution >= 0.6 is 0 Å². The highest BCUT2D eigenvalue weighted by molar-refractivity contribution is 5.85. The lowest BCUT2D eigenvalue weighted by Gasteiger charge is -2.21. The van der Waals surface area contributed by atoms with Crippen molar-refractivity contribution in [3.05, 3.63) is 41.3 Å². The number of rotatable bonds is 3. The quantitative estimate of drug-likeness (QED) is 0.926. The van der Waals surface area contributed by atoms with E-state index >= 15 is 0 Å². The molecule has 2 heterocycles. The normalized spacial score (nSPS) is 13.5. The van der Waals surface area contributed by atoms with Crippen molar-refractivity contribution in [1.82, 2.24) is 5.16 Å². The first-order valence-electron chi connectivity index (χ1n) is 6.09. The van der Waals surface area contributed by atoms with E-state index in [9.17, 15) is 4.79 Å². The number of hydrogen-bond donors (Lipinski definition) is 1. The summed E-state index contributed by atoms with van der Waals surface area (Å²) in [5, 5.41) is 12.5. The molecule has 0 fully saturated rings. The van der Waals surface area contributed by atoms with Crippen molar-refractivity contribution in [2.24, 2.45) is 0 Å². The second kappa shape index (κ2) is 4.26. The number of hydrogen-bond acceptors (Lipinski definition) is 5. The lowest BCUT2D eigenvalue weighted by molar-refractivity contribution is 0.0685. The minimum Gasteiger partial charge on any atom is -0.476 e. The molecule has 1 aliphatic rings. The van der Waals surface area contributed by atoms with Crippen LogP contribution in [0.5, 0.6) is 11.5 Å². The monoisotopic (exact) mass is 275 g/mol.